The van der Waals surface area contributed by atoms with Crippen molar-refractivity contribution in [2.75, 3.05) is 0 Å². The lowest BCUT2D eigenvalue weighted by Gasteiger charge is -2.16. The van der Waals surface area contributed by atoms with Gasteiger partial charge in [0.15, 0.2) is 18.1 Å². The van der Waals surface area contributed by atoms with Gasteiger partial charge in [-0.05, 0) is 61.7 Å². The third-order valence-electron chi connectivity index (χ3n) is 9.30. The molecule has 0 atom stereocenters. The van der Waals surface area contributed by atoms with Crippen molar-refractivity contribution in [2.45, 2.75) is 33.6 Å². The molecule has 0 fully saturated rings. The summed E-state index contributed by atoms with van der Waals surface area (Å²) in [4.78, 5) is 5.16. The first-order valence-corrected chi connectivity index (χ1v) is 15.2. The van der Waals surface area contributed by atoms with Crippen LogP contribution in [-0.4, -0.2) is 14.1 Å². The minimum Gasteiger partial charge on any atom is -0.455 e. The van der Waals surface area contributed by atoms with Crippen LogP contribution in [0.3, 0.4) is 0 Å². The molecule has 0 radical (unpaired) electrons. The molecule has 44 heavy (non-hydrogen) atoms. The van der Waals surface area contributed by atoms with Crippen LogP contribution in [0.4, 0.5) is 0 Å². The number of hydrogen-bond acceptors (Lipinski definition) is 2. The second kappa shape index (κ2) is 9.64. The molecule has 0 aliphatic rings. The summed E-state index contributed by atoms with van der Waals surface area (Å²) in [6.45, 7) is 8.80. The summed E-state index contributed by atoms with van der Waals surface area (Å²) in [6, 6.07) is 29.9. The average Bonchev–Trinajstić information content (AvgIpc) is 3.53. The second-order valence-corrected chi connectivity index (χ2v) is 12.1. The zero-order valence-corrected chi connectivity index (χ0v) is 26.0. The zero-order chi connectivity index (χ0) is 30.3. The van der Waals surface area contributed by atoms with Gasteiger partial charge in [0.2, 0.25) is 5.52 Å². The number of fused-ring (bicyclic) bond motifs is 9. The molecule has 8 aromatic rings. The van der Waals surface area contributed by atoms with E-state index >= 15 is 0 Å². The number of aromatic nitrogens is 5. The quantitative estimate of drug-likeness (QED) is 0.157. The number of hydrogen-bond donors (Lipinski definition) is 0. The molecule has 4 heterocycles. The predicted octanol–water partition coefficient (Wildman–Crippen LogP) is 7.92. The lowest BCUT2D eigenvalue weighted by molar-refractivity contribution is -0.720. The highest BCUT2D eigenvalue weighted by Crippen LogP contribution is 2.40. The maximum absolute atomic E-state index is 6.77. The van der Waals surface area contributed by atoms with Gasteiger partial charge in [0.05, 0.1) is 41.1 Å². The van der Waals surface area contributed by atoms with Gasteiger partial charge in [0.1, 0.15) is 22.7 Å². The molecule has 8 rings (SSSR count). The number of ether oxygens (including phenoxy) is 1. The fraction of sp³-hybridized carbons (Fsp3) is 0.184. The molecule has 0 unspecified atom stereocenters. The van der Waals surface area contributed by atoms with E-state index in [1.807, 2.05) is 12.3 Å². The molecular weight excluding hydrogens is 542 g/mol. The Hall–Kier alpha value is -5.23. The van der Waals surface area contributed by atoms with Crippen LogP contribution in [0, 0.1) is 13.8 Å². The van der Waals surface area contributed by atoms with E-state index in [0.717, 1.165) is 44.9 Å². The summed E-state index contributed by atoms with van der Waals surface area (Å²) in [7, 11) is 4.24. The number of imidazole rings is 1. The molecule has 6 heteroatoms. The van der Waals surface area contributed by atoms with Crippen LogP contribution >= 0.6 is 0 Å². The summed E-state index contributed by atoms with van der Waals surface area (Å²) in [5.41, 5.74) is 11.3. The minimum absolute atomic E-state index is 0.352. The minimum atomic E-state index is 0.352. The van der Waals surface area contributed by atoms with E-state index in [2.05, 4.69) is 145 Å². The van der Waals surface area contributed by atoms with Gasteiger partial charge < -0.3 is 4.74 Å². The van der Waals surface area contributed by atoms with E-state index < -0.39 is 0 Å². The fourth-order valence-electron chi connectivity index (χ4n) is 7.01. The van der Waals surface area contributed by atoms with Gasteiger partial charge >= 0.3 is 0 Å². The first-order valence-electron chi connectivity index (χ1n) is 15.2. The van der Waals surface area contributed by atoms with Crippen molar-refractivity contribution in [3.05, 3.63) is 114 Å². The molecule has 6 nitrogen and oxygen atoms in total. The number of pyridine rings is 2. The SMILES string of the molecule is Cc1c(Oc2cnc3c4c(C(C)C)cccc4n4c5ccccc5[n+](C)c4c3c2C)cccc1-n1cc2ccccc2[n+]1C. The Morgan fingerprint density at radius 1 is 0.727 bits per heavy atom. The number of aryl methyl sites for hydroxylation is 3. The van der Waals surface area contributed by atoms with Crippen LogP contribution < -0.4 is 14.0 Å². The van der Waals surface area contributed by atoms with E-state index in [9.17, 15) is 0 Å². The Morgan fingerprint density at radius 3 is 2.25 bits per heavy atom. The van der Waals surface area contributed by atoms with Gasteiger partial charge in [0, 0.05) is 17.2 Å². The summed E-state index contributed by atoms with van der Waals surface area (Å²) in [5.74, 6) is 1.92. The van der Waals surface area contributed by atoms with Crippen molar-refractivity contribution in [1.82, 2.24) is 14.1 Å². The van der Waals surface area contributed by atoms with E-state index in [1.165, 1.54) is 38.4 Å². The molecule has 0 N–H and O–H groups in total. The van der Waals surface area contributed by atoms with Crippen molar-refractivity contribution in [2.24, 2.45) is 14.1 Å². The molecule has 0 saturated heterocycles. The van der Waals surface area contributed by atoms with Gasteiger partial charge in [-0.1, -0.05) is 56.3 Å². The molecule has 4 aromatic heterocycles. The maximum atomic E-state index is 6.77. The van der Waals surface area contributed by atoms with Crippen LogP contribution in [0.5, 0.6) is 11.5 Å². The normalized spacial score (nSPS) is 12.1. The largest absolute Gasteiger partial charge is 0.455 e. The molecule has 4 aromatic carbocycles. The molecule has 0 spiro atoms. The molecule has 0 aliphatic carbocycles. The molecule has 0 amide bonds. The predicted molar refractivity (Wildman–Crippen MR) is 177 cm³/mol. The van der Waals surface area contributed by atoms with Gasteiger partial charge in [-0.15, -0.1) is 9.36 Å². The molecule has 0 bridgehead atoms. The number of rotatable bonds is 4. The summed E-state index contributed by atoms with van der Waals surface area (Å²) in [5, 5.41) is 3.50. The number of para-hydroxylation sites is 3. The zero-order valence-electron chi connectivity index (χ0n) is 26.0. The Labute approximate surface area is 256 Å². The summed E-state index contributed by atoms with van der Waals surface area (Å²) in [6.07, 6.45) is 4.08. The fourth-order valence-corrected chi connectivity index (χ4v) is 7.01. The highest BCUT2D eigenvalue weighted by Gasteiger charge is 2.28. The smallest absolute Gasteiger partial charge is 0.297 e. The van der Waals surface area contributed by atoms with Gasteiger partial charge in [-0.25, -0.2) is 4.57 Å². The van der Waals surface area contributed by atoms with E-state index in [0.29, 0.717) is 5.92 Å². The Kier molecular flexibility index (Phi) is 5.79. The van der Waals surface area contributed by atoms with Crippen LogP contribution in [0.2, 0.25) is 0 Å². The molecular formula is C38H35N5O+2. The van der Waals surface area contributed by atoms with Crippen LogP contribution in [0.15, 0.2) is 97.3 Å². The summed E-state index contributed by atoms with van der Waals surface area (Å²) >= 11 is 0. The number of benzene rings is 4. The Morgan fingerprint density at radius 2 is 1.45 bits per heavy atom. The monoisotopic (exact) mass is 577 g/mol. The van der Waals surface area contributed by atoms with Crippen molar-refractivity contribution in [3.63, 3.8) is 0 Å². The van der Waals surface area contributed by atoms with Gasteiger partial charge in [-0.3, -0.25) is 4.98 Å². The third kappa shape index (κ3) is 3.63. The molecule has 216 valence electrons. The van der Waals surface area contributed by atoms with Gasteiger partial charge in [-0.2, -0.15) is 4.40 Å². The lowest BCUT2D eigenvalue weighted by atomic mass is 9.95. The Balaban J connectivity index is 1.38. The van der Waals surface area contributed by atoms with Crippen molar-refractivity contribution in [1.29, 1.82) is 0 Å². The topological polar surface area (TPSA) is 39.2 Å². The highest BCUT2D eigenvalue weighted by molar-refractivity contribution is 6.13. The van der Waals surface area contributed by atoms with Gasteiger partial charge in [0.25, 0.3) is 5.65 Å². The van der Waals surface area contributed by atoms with Crippen LogP contribution in [-0.2, 0) is 14.1 Å². The molecule has 0 aliphatic heterocycles. The third-order valence-corrected chi connectivity index (χ3v) is 9.30. The first-order chi connectivity index (χ1) is 21.3. The Bertz CT molecular complexity index is 2450. The lowest BCUT2D eigenvalue weighted by Crippen LogP contribution is -2.38. The van der Waals surface area contributed by atoms with Crippen molar-refractivity contribution in [3.8, 4) is 17.2 Å². The second-order valence-electron chi connectivity index (χ2n) is 12.1. The first kappa shape index (κ1) is 26.4. The van der Waals surface area contributed by atoms with Crippen molar-refractivity contribution < 1.29 is 14.0 Å². The van der Waals surface area contributed by atoms with E-state index in [1.54, 1.807) is 0 Å². The van der Waals surface area contributed by atoms with Crippen LogP contribution in [0.1, 0.15) is 36.5 Å². The average molecular weight is 578 g/mol. The van der Waals surface area contributed by atoms with Crippen molar-refractivity contribution >= 4 is 49.4 Å². The highest BCUT2D eigenvalue weighted by atomic mass is 16.5. The number of nitrogens with zero attached hydrogens (tertiary/aromatic N) is 5. The van der Waals surface area contributed by atoms with E-state index in [4.69, 9.17) is 9.72 Å². The molecule has 0 saturated carbocycles. The van der Waals surface area contributed by atoms with E-state index in [-0.39, 0.29) is 0 Å². The standard InChI is InChI=1S/C38H35N5O/c1-23(2)27-14-11-19-32-36(27)37-35(38-40(5)30-16-9-10-17-31(30)43(32)38)25(4)34(21-39-37)44-33-20-12-18-28(24(33)3)42-22-26-13-7-8-15-29(26)41(42)6/h7-23H,1-6H3/q+2. The maximum Gasteiger partial charge on any atom is 0.297 e. The summed E-state index contributed by atoms with van der Waals surface area (Å²) < 4.78 is 15.8. The van der Waals surface area contributed by atoms with Crippen LogP contribution in [0.25, 0.3) is 55.1 Å².